The Morgan fingerprint density at radius 3 is 2.81 bits per heavy atom. The van der Waals surface area contributed by atoms with Gasteiger partial charge in [0.2, 0.25) is 0 Å². The summed E-state index contributed by atoms with van der Waals surface area (Å²) in [5, 5.41) is 11.0. The highest BCUT2D eigenvalue weighted by molar-refractivity contribution is 7.80. The van der Waals surface area contributed by atoms with Gasteiger partial charge in [0, 0.05) is 24.2 Å². The van der Waals surface area contributed by atoms with Gasteiger partial charge in [0.1, 0.15) is 29.3 Å². The van der Waals surface area contributed by atoms with Crippen LogP contribution in [0.4, 0.5) is 24.7 Å². The van der Waals surface area contributed by atoms with Crippen molar-refractivity contribution in [2.45, 2.75) is 37.5 Å². The van der Waals surface area contributed by atoms with E-state index in [1.807, 2.05) is 0 Å². The number of hydrogen-bond acceptors (Lipinski definition) is 4. The van der Waals surface area contributed by atoms with Gasteiger partial charge in [-0.1, -0.05) is 11.6 Å². The highest BCUT2D eigenvalue weighted by atomic mass is 35.5. The van der Waals surface area contributed by atoms with Gasteiger partial charge in [-0.2, -0.15) is 5.10 Å². The predicted molar refractivity (Wildman–Crippen MR) is 116 cm³/mol. The molecule has 2 atom stereocenters. The van der Waals surface area contributed by atoms with E-state index in [2.05, 4.69) is 20.7 Å². The highest BCUT2D eigenvalue weighted by Crippen LogP contribution is 2.38. The lowest BCUT2D eigenvalue weighted by atomic mass is 10.0. The maximum Gasteiger partial charge on any atom is 0.182 e. The Morgan fingerprint density at radius 1 is 1.23 bits per heavy atom. The van der Waals surface area contributed by atoms with Crippen molar-refractivity contribution in [3.8, 4) is 0 Å². The predicted octanol–water partition coefficient (Wildman–Crippen LogP) is 4.40. The lowest BCUT2D eigenvalue weighted by molar-refractivity contribution is 0.355. The summed E-state index contributed by atoms with van der Waals surface area (Å²) in [7, 11) is 0. The third kappa shape index (κ3) is 4.01. The fraction of sp³-hybridized carbons (Fsp3) is 0.350. The number of nitrogens with zero attached hydrogens (tertiary/aromatic N) is 4. The number of aromatic nitrogens is 3. The van der Waals surface area contributed by atoms with Gasteiger partial charge in [-0.3, -0.25) is 0 Å². The first-order chi connectivity index (χ1) is 14.9. The third-order valence-corrected chi connectivity index (χ3v) is 5.92. The van der Waals surface area contributed by atoms with Crippen molar-refractivity contribution in [1.29, 1.82) is 0 Å². The molecule has 162 valence electrons. The number of nitrogens with one attached hydrogen (secondary N) is 2. The van der Waals surface area contributed by atoms with E-state index < -0.39 is 23.8 Å². The fourth-order valence-electron chi connectivity index (χ4n) is 3.83. The number of rotatable bonds is 4. The van der Waals surface area contributed by atoms with Crippen molar-refractivity contribution in [3.05, 3.63) is 52.8 Å². The SMILES string of the molecule is Fc1ccc(F)c([C@H]2C[C@@H](F)CN2c2ccn3nc(Cl)c(NC(=S)NC4CC4)c3n2)c1. The molecule has 2 aromatic heterocycles. The fourth-order valence-corrected chi connectivity index (χ4v) is 4.31. The zero-order valence-electron chi connectivity index (χ0n) is 16.2. The van der Waals surface area contributed by atoms with Crippen LogP contribution in [-0.2, 0) is 0 Å². The molecule has 0 spiro atoms. The van der Waals surface area contributed by atoms with Crippen molar-refractivity contribution in [2.75, 3.05) is 16.8 Å². The number of halogens is 4. The van der Waals surface area contributed by atoms with Crippen LogP contribution in [0.15, 0.2) is 30.5 Å². The summed E-state index contributed by atoms with van der Waals surface area (Å²) >= 11 is 11.6. The summed E-state index contributed by atoms with van der Waals surface area (Å²) in [6.45, 7) is 0.00999. The van der Waals surface area contributed by atoms with E-state index in [4.69, 9.17) is 23.8 Å². The standard InChI is InChI=1S/C20H18ClF3N6S/c21-18-17(27-20(31)25-12-2-3-12)19-26-16(5-6-30(19)28-18)29-9-11(23)8-15(29)13-7-10(22)1-4-14(13)24/h1,4-7,11-12,15H,2-3,8-9H2,(H2,25,27,31)/t11-,15-/m1/s1. The van der Waals surface area contributed by atoms with E-state index in [0.717, 1.165) is 31.0 Å². The van der Waals surface area contributed by atoms with E-state index in [9.17, 15) is 13.2 Å². The smallest absolute Gasteiger partial charge is 0.182 e. The first kappa shape index (κ1) is 20.3. The van der Waals surface area contributed by atoms with Crippen molar-refractivity contribution >= 4 is 46.1 Å². The largest absolute Gasteiger partial charge is 0.360 e. The molecular formula is C20H18ClF3N6S. The van der Waals surface area contributed by atoms with Crippen LogP contribution in [0.2, 0.25) is 5.15 Å². The summed E-state index contributed by atoms with van der Waals surface area (Å²) < 4.78 is 44.0. The monoisotopic (exact) mass is 466 g/mol. The first-order valence-electron chi connectivity index (χ1n) is 9.87. The van der Waals surface area contributed by atoms with Gasteiger partial charge in [-0.25, -0.2) is 22.7 Å². The average Bonchev–Trinajstić information content (AvgIpc) is 3.38. The lowest BCUT2D eigenvalue weighted by Crippen LogP contribution is -2.30. The topological polar surface area (TPSA) is 57.5 Å². The van der Waals surface area contributed by atoms with Crippen LogP contribution in [0.25, 0.3) is 5.65 Å². The van der Waals surface area contributed by atoms with Crippen LogP contribution in [0, 0.1) is 11.6 Å². The van der Waals surface area contributed by atoms with Crippen LogP contribution in [0.5, 0.6) is 0 Å². The number of alkyl halides is 1. The van der Waals surface area contributed by atoms with Crippen LogP contribution in [0.3, 0.4) is 0 Å². The normalized spacial score (nSPS) is 21.0. The minimum atomic E-state index is -1.20. The Balaban J connectivity index is 1.50. The second kappa shape index (κ2) is 7.83. The van der Waals surface area contributed by atoms with Gasteiger partial charge in [0.25, 0.3) is 0 Å². The number of anilines is 2. The second-order valence-corrected chi connectivity index (χ2v) is 8.53. The number of thiocarbonyl (C=S) groups is 1. The minimum absolute atomic E-state index is 0.00999. The Labute approximate surface area is 186 Å². The molecule has 1 aromatic carbocycles. The van der Waals surface area contributed by atoms with Crippen molar-refractivity contribution < 1.29 is 13.2 Å². The molecule has 3 aromatic rings. The van der Waals surface area contributed by atoms with E-state index in [1.165, 1.54) is 4.52 Å². The summed E-state index contributed by atoms with van der Waals surface area (Å²) in [5.41, 5.74) is 0.913. The Kier molecular flexibility index (Phi) is 5.13. The van der Waals surface area contributed by atoms with Gasteiger partial charge >= 0.3 is 0 Å². The molecule has 0 unspecified atom stereocenters. The van der Waals surface area contributed by atoms with Gasteiger partial charge in [0.05, 0.1) is 12.6 Å². The van der Waals surface area contributed by atoms with Crippen molar-refractivity contribution in [3.63, 3.8) is 0 Å². The molecule has 0 bridgehead atoms. The Morgan fingerprint density at radius 2 is 2.03 bits per heavy atom. The molecule has 2 fully saturated rings. The molecule has 5 rings (SSSR count). The van der Waals surface area contributed by atoms with E-state index >= 15 is 0 Å². The molecule has 6 nitrogen and oxygen atoms in total. The molecule has 3 heterocycles. The third-order valence-electron chi connectivity index (χ3n) is 5.44. The van der Waals surface area contributed by atoms with Crippen molar-refractivity contribution in [2.24, 2.45) is 0 Å². The van der Waals surface area contributed by atoms with Crippen LogP contribution in [0.1, 0.15) is 30.9 Å². The van der Waals surface area contributed by atoms with Crippen LogP contribution >= 0.6 is 23.8 Å². The molecule has 0 radical (unpaired) electrons. The van der Waals surface area contributed by atoms with Crippen LogP contribution in [-0.4, -0.2) is 38.5 Å². The Hall–Kier alpha value is -2.59. The Bertz CT molecular complexity index is 1170. The quantitative estimate of drug-likeness (QED) is 0.556. The number of benzene rings is 1. The molecule has 1 saturated heterocycles. The van der Waals surface area contributed by atoms with Gasteiger partial charge in [-0.05, 0) is 49.3 Å². The number of hydrogen-bond donors (Lipinski definition) is 2. The maximum absolute atomic E-state index is 14.4. The van der Waals surface area contributed by atoms with E-state index in [-0.39, 0.29) is 23.7 Å². The molecule has 1 saturated carbocycles. The maximum atomic E-state index is 14.4. The summed E-state index contributed by atoms with van der Waals surface area (Å²) in [6.07, 6.45) is 2.59. The van der Waals surface area contributed by atoms with Gasteiger partial charge in [0.15, 0.2) is 15.9 Å². The lowest BCUT2D eigenvalue weighted by Gasteiger charge is -2.26. The van der Waals surface area contributed by atoms with Crippen molar-refractivity contribution in [1.82, 2.24) is 19.9 Å². The minimum Gasteiger partial charge on any atom is -0.360 e. The molecule has 31 heavy (non-hydrogen) atoms. The van der Waals surface area contributed by atoms with E-state index in [0.29, 0.717) is 28.3 Å². The first-order valence-corrected chi connectivity index (χ1v) is 10.7. The molecule has 0 amide bonds. The summed E-state index contributed by atoms with van der Waals surface area (Å²) in [6, 6.07) is 4.51. The molecule has 1 aliphatic carbocycles. The average molecular weight is 467 g/mol. The summed E-state index contributed by atoms with van der Waals surface area (Å²) in [4.78, 5) is 6.23. The zero-order chi connectivity index (χ0) is 21.7. The molecule has 1 aliphatic heterocycles. The number of fused-ring (bicyclic) bond motifs is 1. The molecule has 11 heteroatoms. The highest BCUT2D eigenvalue weighted by Gasteiger charge is 2.36. The second-order valence-electron chi connectivity index (χ2n) is 7.76. The van der Waals surface area contributed by atoms with Crippen LogP contribution < -0.4 is 15.5 Å². The molecule has 2 N–H and O–H groups in total. The molecular weight excluding hydrogens is 449 g/mol. The zero-order valence-corrected chi connectivity index (χ0v) is 17.7. The molecule has 2 aliphatic rings. The summed E-state index contributed by atoms with van der Waals surface area (Å²) in [5.74, 6) is -0.757. The van der Waals surface area contributed by atoms with Gasteiger partial charge in [-0.15, -0.1) is 0 Å². The van der Waals surface area contributed by atoms with E-state index in [1.54, 1.807) is 17.2 Å². The van der Waals surface area contributed by atoms with Gasteiger partial charge < -0.3 is 15.5 Å².